The highest BCUT2D eigenvalue weighted by Crippen LogP contribution is 2.27. The molecule has 41 heavy (non-hydrogen) atoms. The normalized spacial score (nSPS) is 13.1. The summed E-state index contributed by atoms with van der Waals surface area (Å²) in [5.74, 6) is -0.798. The Labute approximate surface area is 241 Å². The summed E-state index contributed by atoms with van der Waals surface area (Å²) in [6.07, 6.45) is 7.03. The number of carbonyl (C=O) groups is 1. The molecule has 0 amide bonds. The van der Waals surface area contributed by atoms with Gasteiger partial charge in [-0.3, -0.25) is 0 Å². The minimum atomic E-state index is -4.87. The van der Waals surface area contributed by atoms with E-state index in [-0.39, 0.29) is 18.3 Å². The van der Waals surface area contributed by atoms with Gasteiger partial charge in [-0.05, 0) is 54.9 Å². The van der Waals surface area contributed by atoms with Crippen molar-refractivity contribution in [2.24, 2.45) is 0 Å². The Bertz CT molecular complexity index is 1150. The molecule has 2 atom stereocenters. The molecule has 1 heterocycles. The van der Waals surface area contributed by atoms with Gasteiger partial charge in [-0.25, -0.2) is 14.8 Å². The van der Waals surface area contributed by atoms with E-state index < -0.39 is 18.2 Å². The molecule has 3 rings (SSSR count). The summed E-state index contributed by atoms with van der Waals surface area (Å²) in [5, 5.41) is 0. The van der Waals surface area contributed by atoms with Crippen LogP contribution in [0.3, 0.4) is 0 Å². The zero-order valence-electron chi connectivity index (χ0n) is 24.0. The van der Waals surface area contributed by atoms with Gasteiger partial charge < -0.3 is 9.47 Å². The standard InChI is InChI=1S/C33H41F3N2O3/c1-3-4-5-6-7-8-10-15-26-18-20-27(21-19-26)31-37-23-28(24-38-31)25(2)14-13-22-40-30(33(34,35)36)32(39)41-29-16-11-9-12-17-29/h9,11-12,16-21,23-25,30H,3-8,10,13-15,22H2,1-2H3. The van der Waals surface area contributed by atoms with Crippen LogP contribution >= 0.6 is 0 Å². The van der Waals surface area contributed by atoms with Crippen LogP contribution in [0.5, 0.6) is 5.75 Å². The van der Waals surface area contributed by atoms with Crippen LogP contribution in [-0.2, 0) is 16.0 Å². The Hall–Kier alpha value is -3.26. The van der Waals surface area contributed by atoms with Crippen LogP contribution in [0.4, 0.5) is 13.2 Å². The molecule has 2 unspecified atom stereocenters. The zero-order valence-corrected chi connectivity index (χ0v) is 24.0. The van der Waals surface area contributed by atoms with Crippen LogP contribution in [0.15, 0.2) is 67.0 Å². The SMILES string of the molecule is CCCCCCCCCc1ccc(-c2ncc(C(C)CCCOC(C(=O)Oc3ccccc3)C(F)(F)F)cn2)cc1. The summed E-state index contributed by atoms with van der Waals surface area (Å²) in [4.78, 5) is 21.1. The first kappa shape index (κ1) is 32.3. The molecule has 0 saturated carbocycles. The molecule has 2 aromatic carbocycles. The number of hydrogen-bond donors (Lipinski definition) is 0. The average Bonchev–Trinajstić information content (AvgIpc) is 2.96. The Morgan fingerprint density at radius 3 is 2.12 bits per heavy atom. The molecular weight excluding hydrogens is 529 g/mol. The average molecular weight is 571 g/mol. The van der Waals surface area contributed by atoms with Crippen molar-refractivity contribution in [2.45, 2.75) is 96.3 Å². The molecule has 222 valence electrons. The summed E-state index contributed by atoms with van der Waals surface area (Å²) in [6.45, 7) is 3.96. The van der Waals surface area contributed by atoms with Crippen LogP contribution < -0.4 is 4.74 Å². The third kappa shape index (κ3) is 11.3. The van der Waals surface area contributed by atoms with Crippen molar-refractivity contribution in [2.75, 3.05) is 6.61 Å². The number of benzene rings is 2. The largest absolute Gasteiger partial charge is 0.425 e. The molecule has 0 spiro atoms. The summed E-state index contributed by atoms with van der Waals surface area (Å²) in [5.41, 5.74) is 3.15. The molecule has 0 bridgehead atoms. The lowest BCUT2D eigenvalue weighted by Gasteiger charge is -2.20. The van der Waals surface area contributed by atoms with Crippen LogP contribution in [0.2, 0.25) is 0 Å². The second kappa shape index (κ2) is 16.9. The van der Waals surface area contributed by atoms with Crippen LogP contribution in [0, 0.1) is 0 Å². The molecule has 5 nitrogen and oxygen atoms in total. The van der Waals surface area contributed by atoms with E-state index in [4.69, 9.17) is 9.47 Å². The van der Waals surface area contributed by atoms with Gasteiger partial charge in [-0.15, -0.1) is 0 Å². The number of rotatable bonds is 17. The van der Waals surface area contributed by atoms with Crippen molar-refractivity contribution in [3.8, 4) is 17.1 Å². The van der Waals surface area contributed by atoms with Crippen molar-refractivity contribution < 1.29 is 27.4 Å². The highest BCUT2D eigenvalue weighted by molar-refractivity contribution is 5.78. The molecule has 0 fully saturated rings. The van der Waals surface area contributed by atoms with Crippen LogP contribution in [0.25, 0.3) is 11.4 Å². The lowest BCUT2D eigenvalue weighted by atomic mass is 9.99. The fourth-order valence-electron chi connectivity index (χ4n) is 4.56. The predicted octanol–water partition coefficient (Wildman–Crippen LogP) is 8.87. The fourth-order valence-corrected chi connectivity index (χ4v) is 4.56. The monoisotopic (exact) mass is 570 g/mol. The van der Waals surface area contributed by atoms with E-state index in [1.807, 2.05) is 19.1 Å². The number of unbranched alkanes of at least 4 members (excludes halogenated alkanes) is 6. The minimum absolute atomic E-state index is 0.0117. The molecule has 3 aromatic rings. The van der Waals surface area contributed by atoms with Gasteiger partial charge in [0.15, 0.2) is 5.82 Å². The predicted molar refractivity (Wildman–Crippen MR) is 155 cm³/mol. The number of ether oxygens (including phenoxy) is 2. The number of halogens is 3. The maximum Gasteiger partial charge on any atom is 0.425 e. The first-order valence-electron chi connectivity index (χ1n) is 14.6. The van der Waals surface area contributed by atoms with Crippen molar-refractivity contribution in [3.05, 3.63) is 78.1 Å². The second-order valence-corrected chi connectivity index (χ2v) is 10.5. The molecule has 0 aliphatic heterocycles. The van der Waals surface area contributed by atoms with Gasteiger partial charge in [0.1, 0.15) is 5.75 Å². The maximum atomic E-state index is 13.4. The van der Waals surface area contributed by atoms with Gasteiger partial charge >= 0.3 is 12.1 Å². The third-order valence-corrected chi connectivity index (χ3v) is 7.06. The lowest BCUT2D eigenvalue weighted by Crippen LogP contribution is -2.42. The number of hydrogen-bond acceptors (Lipinski definition) is 5. The number of esters is 1. The number of nitrogens with zero attached hydrogens (tertiary/aromatic N) is 2. The Kier molecular flexibility index (Phi) is 13.3. The van der Waals surface area contributed by atoms with E-state index in [0.29, 0.717) is 18.7 Å². The third-order valence-electron chi connectivity index (χ3n) is 7.06. The van der Waals surface area contributed by atoms with Gasteiger partial charge in [0, 0.05) is 24.6 Å². The smallest absolute Gasteiger partial charge is 0.424 e. The number of aryl methyl sites for hydroxylation is 1. The molecule has 0 N–H and O–H groups in total. The Balaban J connectivity index is 1.42. The second-order valence-electron chi connectivity index (χ2n) is 10.5. The van der Waals surface area contributed by atoms with E-state index in [1.165, 1.54) is 62.6 Å². The topological polar surface area (TPSA) is 61.3 Å². The summed E-state index contributed by atoms with van der Waals surface area (Å²) in [7, 11) is 0. The van der Waals surface area contributed by atoms with E-state index >= 15 is 0 Å². The molecule has 8 heteroatoms. The number of para-hydroxylation sites is 1. The Morgan fingerprint density at radius 2 is 1.49 bits per heavy atom. The van der Waals surface area contributed by atoms with Gasteiger partial charge in [0.2, 0.25) is 0 Å². The summed E-state index contributed by atoms with van der Waals surface area (Å²) >= 11 is 0. The molecular formula is C33H41F3N2O3. The zero-order chi connectivity index (χ0) is 29.5. The van der Waals surface area contributed by atoms with Crippen LogP contribution in [0.1, 0.15) is 88.7 Å². The highest BCUT2D eigenvalue weighted by atomic mass is 19.4. The van der Waals surface area contributed by atoms with Crippen molar-refractivity contribution in [1.29, 1.82) is 0 Å². The first-order chi connectivity index (χ1) is 19.8. The number of aromatic nitrogens is 2. The first-order valence-corrected chi connectivity index (χ1v) is 14.6. The van der Waals surface area contributed by atoms with Crippen molar-refractivity contribution >= 4 is 5.97 Å². The fraction of sp³-hybridized carbons (Fsp3) is 0.485. The minimum Gasteiger partial charge on any atom is -0.424 e. The molecule has 0 radical (unpaired) electrons. The van der Waals surface area contributed by atoms with Crippen LogP contribution in [-0.4, -0.2) is 34.8 Å². The van der Waals surface area contributed by atoms with Crippen molar-refractivity contribution in [1.82, 2.24) is 9.97 Å². The number of carbonyl (C=O) groups excluding carboxylic acids is 1. The Morgan fingerprint density at radius 1 is 0.854 bits per heavy atom. The van der Waals surface area contributed by atoms with Gasteiger partial charge in [-0.1, -0.05) is 94.8 Å². The highest BCUT2D eigenvalue weighted by Gasteiger charge is 2.47. The number of alkyl halides is 3. The van der Waals surface area contributed by atoms with E-state index in [2.05, 4.69) is 29.0 Å². The van der Waals surface area contributed by atoms with E-state index in [0.717, 1.165) is 17.5 Å². The van der Waals surface area contributed by atoms with Gasteiger partial charge in [0.05, 0.1) is 0 Å². The molecule has 0 saturated heterocycles. The molecule has 0 aliphatic carbocycles. The van der Waals surface area contributed by atoms with Crippen molar-refractivity contribution in [3.63, 3.8) is 0 Å². The van der Waals surface area contributed by atoms with Gasteiger partial charge in [-0.2, -0.15) is 13.2 Å². The lowest BCUT2D eigenvalue weighted by molar-refractivity contribution is -0.225. The summed E-state index contributed by atoms with van der Waals surface area (Å²) < 4.78 is 50.0. The summed E-state index contributed by atoms with van der Waals surface area (Å²) in [6, 6.07) is 16.0. The molecule has 1 aromatic heterocycles. The maximum absolute atomic E-state index is 13.4. The van der Waals surface area contributed by atoms with E-state index in [1.54, 1.807) is 30.6 Å². The van der Waals surface area contributed by atoms with Gasteiger partial charge in [0.25, 0.3) is 6.10 Å². The quantitative estimate of drug-likeness (QED) is 0.0921. The molecule has 0 aliphatic rings. The van der Waals surface area contributed by atoms with E-state index in [9.17, 15) is 18.0 Å².